The smallest absolute Gasteiger partial charge is 0.231 e. The van der Waals surface area contributed by atoms with E-state index in [-0.39, 0.29) is 25.0 Å². The van der Waals surface area contributed by atoms with Crippen LogP contribution >= 0.6 is 0 Å². The highest BCUT2D eigenvalue weighted by Crippen LogP contribution is 2.34. The Labute approximate surface area is 139 Å². The van der Waals surface area contributed by atoms with Gasteiger partial charge >= 0.3 is 0 Å². The lowest BCUT2D eigenvalue weighted by Crippen LogP contribution is -2.20. The molecule has 2 aliphatic heterocycles. The summed E-state index contributed by atoms with van der Waals surface area (Å²) in [6.07, 6.45) is 0.642. The molecule has 0 fully saturated rings. The number of amides is 2. The molecule has 0 bridgehead atoms. The van der Waals surface area contributed by atoms with E-state index in [1.165, 1.54) is 0 Å². The van der Waals surface area contributed by atoms with Crippen LogP contribution in [0.4, 0.5) is 11.4 Å². The number of nitrogens with one attached hydrogen (secondary N) is 1. The van der Waals surface area contributed by atoms with Crippen LogP contribution in [0.1, 0.15) is 11.1 Å². The minimum atomic E-state index is -0.119. The van der Waals surface area contributed by atoms with Gasteiger partial charge in [-0.2, -0.15) is 0 Å². The minimum absolute atomic E-state index is 0.0759. The summed E-state index contributed by atoms with van der Waals surface area (Å²) in [7, 11) is 1.76. The zero-order valence-corrected chi connectivity index (χ0v) is 13.2. The van der Waals surface area contributed by atoms with Crippen molar-refractivity contribution < 1.29 is 19.1 Å². The summed E-state index contributed by atoms with van der Waals surface area (Å²) in [5, 5.41) is 2.85. The third-order valence-corrected chi connectivity index (χ3v) is 4.24. The second-order valence-corrected chi connectivity index (χ2v) is 5.89. The summed E-state index contributed by atoms with van der Waals surface area (Å²) < 4.78 is 10.5. The summed E-state index contributed by atoms with van der Waals surface area (Å²) in [6, 6.07) is 11.0. The summed E-state index contributed by atoms with van der Waals surface area (Å²) in [5.74, 6) is 1.27. The lowest BCUT2D eigenvalue weighted by molar-refractivity contribution is -0.117. The summed E-state index contributed by atoms with van der Waals surface area (Å²) in [4.78, 5) is 25.6. The first-order valence-corrected chi connectivity index (χ1v) is 7.68. The van der Waals surface area contributed by atoms with Crippen LogP contribution in [0, 0.1) is 0 Å². The molecule has 0 unspecified atom stereocenters. The van der Waals surface area contributed by atoms with Gasteiger partial charge in [-0.15, -0.1) is 0 Å². The number of carbonyl (C=O) groups is 2. The van der Waals surface area contributed by atoms with E-state index >= 15 is 0 Å². The van der Waals surface area contributed by atoms with Crippen LogP contribution in [0.25, 0.3) is 0 Å². The minimum Gasteiger partial charge on any atom is -0.454 e. The molecule has 6 heteroatoms. The predicted octanol–water partition coefficient (Wildman–Crippen LogP) is 2.12. The molecular weight excluding hydrogens is 308 g/mol. The van der Waals surface area contributed by atoms with E-state index in [1.807, 2.05) is 18.2 Å². The zero-order valence-electron chi connectivity index (χ0n) is 13.2. The third-order valence-electron chi connectivity index (χ3n) is 4.24. The van der Waals surface area contributed by atoms with Crippen LogP contribution in [0.5, 0.6) is 11.5 Å². The summed E-state index contributed by atoms with van der Waals surface area (Å²) >= 11 is 0. The van der Waals surface area contributed by atoms with E-state index in [0.29, 0.717) is 23.6 Å². The fourth-order valence-electron chi connectivity index (χ4n) is 3.00. The number of benzene rings is 2. The molecule has 2 aromatic carbocycles. The SMILES string of the molecule is CN1C(=O)Cc2cc(CC(=O)Nc3ccc4c(c3)OCO4)ccc21. The Morgan fingerprint density at radius 1 is 1.17 bits per heavy atom. The molecular formula is C18H16N2O4. The normalized spacial score (nSPS) is 14.7. The molecule has 2 aliphatic rings. The van der Waals surface area contributed by atoms with E-state index in [2.05, 4.69) is 5.32 Å². The molecule has 24 heavy (non-hydrogen) atoms. The van der Waals surface area contributed by atoms with Crippen molar-refractivity contribution in [3.8, 4) is 11.5 Å². The molecule has 4 rings (SSSR count). The first-order chi connectivity index (χ1) is 11.6. The van der Waals surface area contributed by atoms with E-state index in [1.54, 1.807) is 30.1 Å². The number of anilines is 2. The maximum absolute atomic E-state index is 12.3. The van der Waals surface area contributed by atoms with Gasteiger partial charge in [0.2, 0.25) is 18.6 Å². The number of hydrogen-bond donors (Lipinski definition) is 1. The van der Waals surface area contributed by atoms with Crippen molar-refractivity contribution in [3.05, 3.63) is 47.5 Å². The standard InChI is InChI=1S/C18H16N2O4/c1-20-14-4-2-11(6-12(14)8-18(20)22)7-17(21)19-13-3-5-15-16(9-13)24-10-23-15/h2-6,9H,7-8,10H2,1H3,(H,19,21). The number of carbonyl (C=O) groups excluding carboxylic acids is 2. The highest BCUT2D eigenvalue weighted by molar-refractivity contribution is 6.01. The lowest BCUT2D eigenvalue weighted by Gasteiger charge is -2.11. The number of fused-ring (bicyclic) bond motifs is 2. The van der Waals surface area contributed by atoms with E-state index in [9.17, 15) is 9.59 Å². The van der Waals surface area contributed by atoms with Crippen molar-refractivity contribution in [2.45, 2.75) is 12.8 Å². The van der Waals surface area contributed by atoms with Crippen LogP contribution in [0.2, 0.25) is 0 Å². The van der Waals surface area contributed by atoms with Crippen LogP contribution in [0.15, 0.2) is 36.4 Å². The number of likely N-dealkylation sites (N-methyl/N-ethyl adjacent to an activating group) is 1. The molecule has 0 aliphatic carbocycles. The average Bonchev–Trinajstić information content (AvgIpc) is 3.12. The molecule has 0 saturated heterocycles. The fourth-order valence-corrected chi connectivity index (χ4v) is 3.00. The zero-order chi connectivity index (χ0) is 16.7. The Hall–Kier alpha value is -3.02. The maximum Gasteiger partial charge on any atom is 0.231 e. The van der Waals surface area contributed by atoms with Crippen molar-refractivity contribution in [1.82, 2.24) is 0 Å². The van der Waals surface area contributed by atoms with Gasteiger partial charge in [0.15, 0.2) is 11.5 Å². The fraction of sp³-hybridized carbons (Fsp3) is 0.222. The molecule has 0 saturated carbocycles. The highest BCUT2D eigenvalue weighted by Gasteiger charge is 2.24. The van der Waals surface area contributed by atoms with Crippen molar-refractivity contribution in [2.24, 2.45) is 0 Å². The third kappa shape index (κ3) is 2.56. The molecule has 2 aromatic rings. The predicted molar refractivity (Wildman–Crippen MR) is 88.5 cm³/mol. The van der Waals surface area contributed by atoms with Crippen LogP contribution < -0.4 is 19.7 Å². The quantitative estimate of drug-likeness (QED) is 0.939. The van der Waals surface area contributed by atoms with Gasteiger partial charge in [0.1, 0.15) is 0 Å². The summed E-state index contributed by atoms with van der Waals surface area (Å²) in [6.45, 7) is 0.203. The van der Waals surface area contributed by atoms with Gasteiger partial charge in [0, 0.05) is 24.5 Å². The second kappa shape index (κ2) is 5.56. The molecule has 6 nitrogen and oxygen atoms in total. The van der Waals surface area contributed by atoms with Gasteiger partial charge in [0.05, 0.1) is 12.8 Å². The molecule has 0 aromatic heterocycles. The van der Waals surface area contributed by atoms with Crippen molar-refractivity contribution in [2.75, 3.05) is 24.1 Å². The van der Waals surface area contributed by atoms with Crippen LogP contribution in [-0.2, 0) is 22.4 Å². The van der Waals surface area contributed by atoms with Gasteiger partial charge in [-0.3, -0.25) is 9.59 Å². The Morgan fingerprint density at radius 3 is 2.88 bits per heavy atom. The van der Waals surface area contributed by atoms with E-state index in [0.717, 1.165) is 16.8 Å². The number of nitrogens with zero attached hydrogens (tertiary/aromatic N) is 1. The Balaban J connectivity index is 1.45. The topological polar surface area (TPSA) is 67.9 Å². The molecule has 1 N–H and O–H groups in total. The molecule has 0 radical (unpaired) electrons. The Bertz CT molecular complexity index is 847. The maximum atomic E-state index is 12.3. The largest absolute Gasteiger partial charge is 0.454 e. The number of rotatable bonds is 3. The van der Waals surface area contributed by atoms with E-state index in [4.69, 9.17) is 9.47 Å². The first-order valence-electron chi connectivity index (χ1n) is 7.68. The lowest BCUT2D eigenvalue weighted by atomic mass is 10.1. The van der Waals surface area contributed by atoms with Crippen molar-refractivity contribution in [1.29, 1.82) is 0 Å². The highest BCUT2D eigenvalue weighted by atomic mass is 16.7. The van der Waals surface area contributed by atoms with Gasteiger partial charge in [0.25, 0.3) is 0 Å². The van der Waals surface area contributed by atoms with Crippen LogP contribution in [-0.4, -0.2) is 25.7 Å². The van der Waals surface area contributed by atoms with Crippen molar-refractivity contribution in [3.63, 3.8) is 0 Å². The van der Waals surface area contributed by atoms with Crippen molar-refractivity contribution >= 4 is 23.2 Å². The average molecular weight is 324 g/mol. The monoisotopic (exact) mass is 324 g/mol. The van der Waals surface area contributed by atoms with E-state index < -0.39 is 0 Å². The molecule has 2 heterocycles. The van der Waals surface area contributed by atoms with Gasteiger partial charge < -0.3 is 19.7 Å². The summed E-state index contributed by atoms with van der Waals surface area (Å²) in [5.41, 5.74) is 3.44. The van der Waals surface area contributed by atoms with Crippen LogP contribution in [0.3, 0.4) is 0 Å². The second-order valence-electron chi connectivity index (χ2n) is 5.89. The Kier molecular flexibility index (Phi) is 3.37. The van der Waals surface area contributed by atoms with Gasteiger partial charge in [-0.1, -0.05) is 12.1 Å². The Morgan fingerprint density at radius 2 is 2.00 bits per heavy atom. The number of ether oxygens (including phenoxy) is 2. The van der Waals surface area contributed by atoms with Gasteiger partial charge in [-0.25, -0.2) is 0 Å². The molecule has 2 amide bonds. The first kappa shape index (κ1) is 14.6. The van der Waals surface area contributed by atoms with Gasteiger partial charge in [-0.05, 0) is 29.3 Å². The molecule has 0 atom stereocenters. The molecule has 0 spiro atoms. The molecule has 122 valence electrons. The number of hydrogen-bond acceptors (Lipinski definition) is 4.